The molecule has 1 aliphatic rings. The Kier molecular flexibility index (Phi) is 7.16. The number of terminal acetylenes is 1. The van der Waals surface area contributed by atoms with Gasteiger partial charge in [0.15, 0.2) is 0 Å². The van der Waals surface area contributed by atoms with Crippen molar-refractivity contribution in [3.8, 4) is 40.5 Å². The summed E-state index contributed by atoms with van der Waals surface area (Å²) in [5.74, 6) is 2.15. The lowest BCUT2D eigenvalue weighted by Gasteiger charge is -2.19. The van der Waals surface area contributed by atoms with E-state index in [4.69, 9.17) is 15.6 Å². The number of ether oxygens (including phenoxy) is 1. The molecule has 0 saturated heterocycles. The number of carbonyl (C=O) groups is 2. The van der Waals surface area contributed by atoms with Crippen molar-refractivity contribution in [1.82, 2.24) is 15.6 Å². The Morgan fingerprint density at radius 2 is 1.81 bits per heavy atom. The molecule has 0 aliphatic heterocycles. The SMILES string of the molecule is C#CCOc1cc(C)c(-c2ccc3oc(-c4ccc(F)cc4)c(C(=O)NC)c3c2)cc1C(=O)NC1(c2ccccn2)CC1. The number of benzene rings is 3. The van der Waals surface area contributed by atoms with Gasteiger partial charge >= 0.3 is 0 Å². The molecule has 3 aromatic carbocycles. The third-order valence-corrected chi connectivity index (χ3v) is 7.70. The highest BCUT2D eigenvalue weighted by Crippen LogP contribution is 2.45. The maximum Gasteiger partial charge on any atom is 0.255 e. The minimum Gasteiger partial charge on any atom is -0.480 e. The summed E-state index contributed by atoms with van der Waals surface area (Å²) in [5.41, 5.74) is 4.41. The number of nitrogens with one attached hydrogen (secondary N) is 2. The molecule has 8 heteroatoms. The van der Waals surface area contributed by atoms with Crippen molar-refractivity contribution in [2.45, 2.75) is 25.3 Å². The van der Waals surface area contributed by atoms with Gasteiger partial charge in [-0.15, -0.1) is 6.42 Å². The molecule has 0 unspecified atom stereocenters. The number of aryl methyl sites for hydroxylation is 1. The van der Waals surface area contributed by atoms with Crippen LogP contribution in [0.3, 0.4) is 0 Å². The molecule has 1 saturated carbocycles. The van der Waals surface area contributed by atoms with Gasteiger partial charge in [-0.05, 0) is 97.1 Å². The minimum atomic E-state index is -0.526. The van der Waals surface area contributed by atoms with Crippen LogP contribution in [0.15, 0.2) is 83.4 Å². The smallest absolute Gasteiger partial charge is 0.255 e. The molecular weight excluding hydrogens is 545 g/mol. The van der Waals surface area contributed by atoms with E-state index in [1.54, 1.807) is 43.6 Å². The molecule has 2 amide bonds. The lowest BCUT2D eigenvalue weighted by Crippen LogP contribution is -2.35. The van der Waals surface area contributed by atoms with Crippen LogP contribution in [0.1, 0.15) is 44.8 Å². The topological polar surface area (TPSA) is 93.5 Å². The summed E-state index contributed by atoms with van der Waals surface area (Å²) in [5, 5.41) is 6.44. The van der Waals surface area contributed by atoms with Crippen LogP contribution in [0.2, 0.25) is 0 Å². The number of rotatable bonds is 8. The summed E-state index contributed by atoms with van der Waals surface area (Å²) in [4.78, 5) is 31.3. The first-order chi connectivity index (χ1) is 20.8. The number of halogens is 1. The van der Waals surface area contributed by atoms with Crippen LogP contribution >= 0.6 is 0 Å². The number of aromatic nitrogens is 1. The minimum absolute atomic E-state index is 0.00702. The van der Waals surface area contributed by atoms with Crippen molar-refractivity contribution in [1.29, 1.82) is 0 Å². The Labute approximate surface area is 248 Å². The first-order valence-electron chi connectivity index (χ1n) is 13.8. The van der Waals surface area contributed by atoms with Crippen LogP contribution in [0.25, 0.3) is 33.4 Å². The normalized spacial score (nSPS) is 13.3. The van der Waals surface area contributed by atoms with Gasteiger partial charge < -0.3 is 19.8 Å². The van der Waals surface area contributed by atoms with E-state index in [0.717, 1.165) is 35.2 Å². The summed E-state index contributed by atoms with van der Waals surface area (Å²) in [6.07, 6.45) is 8.74. The summed E-state index contributed by atoms with van der Waals surface area (Å²) >= 11 is 0. The van der Waals surface area contributed by atoms with E-state index in [1.165, 1.54) is 12.1 Å². The first-order valence-corrected chi connectivity index (χ1v) is 13.8. The van der Waals surface area contributed by atoms with E-state index in [9.17, 15) is 14.0 Å². The Bertz CT molecular complexity index is 1900. The Balaban J connectivity index is 1.44. The standard InChI is InChI=1S/C35H28FN3O4/c1-4-17-42-29-18-21(2)25(20-27(29)33(40)39-35(14-15-35)30-7-5-6-16-38-30)23-10-13-28-26(19-23)31(34(41)37-3)32(43-28)22-8-11-24(36)12-9-22/h1,5-13,16,18-20H,14-15,17H2,2-3H3,(H,37,41)(H,39,40). The molecule has 1 fully saturated rings. The Morgan fingerprint density at radius 3 is 2.49 bits per heavy atom. The van der Waals surface area contributed by atoms with E-state index in [-0.39, 0.29) is 24.2 Å². The zero-order chi connectivity index (χ0) is 30.1. The van der Waals surface area contributed by atoms with Crippen LogP contribution in [0, 0.1) is 25.1 Å². The van der Waals surface area contributed by atoms with Crippen molar-refractivity contribution >= 4 is 22.8 Å². The third-order valence-electron chi connectivity index (χ3n) is 7.70. The maximum absolute atomic E-state index is 13.8. The maximum atomic E-state index is 13.8. The van der Waals surface area contributed by atoms with Crippen LogP contribution in [-0.4, -0.2) is 30.5 Å². The summed E-state index contributed by atoms with van der Waals surface area (Å²) in [6.45, 7) is 1.92. The van der Waals surface area contributed by atoms with E-state index >= 15 is 0 Å². The van der Waals surface area contributed by atoms with Crippen LogP contribution in [-0.2, 0) is 5.54 Å². The quantitative estimate of drug-likeness (QED) is 0.210. The lowest BCUT2D eigenvalue weighted by molar-refractivity contribution is 0.0924. The number of fused-ring (bicyclic) bond motifs is 1. The van der Waals surface area contributed by atoms with Gasteiger partial charge in [-0.3, -0.25) is 14.6 Å². The molecule has 6 rings (SSSR count). The van der Waals surface area contributed by atoms with Gasteiger partial charge in [-0.2, -0.15) is 0 Å². The molecule has 43 heavy (non-hydrogen) atoms. The zero-order valence-corrected chi connectivity index (χ0v) is 23.7. The van der Waals surface area contributed by atoms with Gasteiger partial charge in [0.2, 0.25) is 0 Å². The van der Waals surface area contributed by atoms with Gasteiger partial charge in [0.05, 0.1) is 22.4 Å². The van der Waals surface area contributed by atoms with Crippen LogP contribution < -0.4 is 15.4 Å². The van der Waals surface area contributed by atoms with Crippen molar-refractivity contribution in [2.24, 2.45) is 0 Å². The van der Waals surface area contributed by atoms with Crippen molar-refractivity contribution in [3.63, 3.8) is 0 Å². The lowest BCUT2D eigenvalue weighted by atomic mass is 9.94. The molecular formula is C35H28FN3O4. The van der Waals surface area contributed by atoms with E-state index in [2.05, 4.69) is 21.5 Å². The number of nitrogens with zero attached hydrogens (tertiary/aromatic N) is 1. The van der Waals surface area contributed by atoms with Crippen molar-refractivity contribution in [2.75, 3.05) is 13.7 Å². The molecule has 5 aromatic rings. The van der Waals surface area contributed by atoms with Gasteiger partial charge in [0.1, 0.15) is 29.5 Å². The number of pyridine rings is 1. The first kappa shape index (κ1) is 27.7. The fourth-order valence-corrected chi connectivity index (χ4v) is 5.33. The van der Waals surface area contributed by atoms with E-state index < -0.39 is 5.54 Å². The highest BCUT2D eigenvalue weighted by Gasteiger charge is 2.47. The molecule has 0 spiro atoms. The van der Waals surface area contributed by atoms with Gasteiger partial charge in [-0.25, -0.2) is 4.39 Å². The van der Waals surface area contributed by atoms with Gasteiger partial charge in [0, 0.05) is 24.2 Å². The molecule has 2 N–H and O–H groups in total. The number of furan rings is 1. The number of amides is 2. The molecule has 214 valence electrons. The van der Waals surface area contributed by atoms with Gasteiger partial charge in [0.25, 0.3) is 11.8 Å². The number of hydrogen-bond acceptors (Lipinski definition) is 5. The number of hydrogen-bond donors (Lipinski definition) is 2. The monoisotopic (exact) mass is 573 g/mol. The summed E-state index contributed by atoms with van der Waals surface area (Å²) < 4.78 is 25.5. The Morgan fingerprint density at radius 1 is 1.05 bits per heavy atom. The average Bonchev–Trinajstić information content (AvgIpc) is 3.71. The molecule has 0 atom stereocenters. The summed E-state index contributed by atoms with van der Waals surface area (Å²) in [6, 6.07) is 20.5. The second-order valence-corrected chi connectivity index (χ2v) is 10.5. The van der Waals surface area contributed by atoms with Crippen LogP contribution in [0.5, 0.6) is 5.75 Å². The van der Waals surface area contributed by atoms with E-state index in [0.29, 0.717) is 39.2 Å². The predicted octanol–water partition coefficient (Wildman–Crippen LogP) is 6.40. The molecule has 7 nitrogen and oxygen atoms in total. The zero-order valence-electron chi connectivity index (χ0n) is 23.7. The van der Waals surface area contributed by atoms with E-state index in [1.807, 2.05) is 37.3 Å². The molecule has 1 aliphatic carbocycles. The highest BCUT2D eigenvalue weighted by atomic mass is 19.1. The molecule has 0 bridgehead atoms. The second kappa shape index (κ2) is 11.1. The Hall–Kier alpha value is -5.42. The van der Waals surface area contributed by atoms with Crippen LogP contribution in [0.4, 0.5) is 4.39 Å². The molecule has 2 aromatic heterocycles. The molecule has 0 radical (unpaired) electrons. The fourth-order valence-electron chi connectivity index (χ4n) is 5.33. The van der Waals surface area contributed by atoms with Gasteiger partial charge in [-0.1, -0.05) is 18.1 Å². The van der Waals surface area contributed by atoms with Crippen molar-refractivity contribution < 1.29 is 23.1 Å². The second-order valence-electron chi connectivity index (χ2n) is 10.5. The predicted molar refractivity (Wildman–Crippen MR) is 162 cm³/mol. The fraction of sp³-hybridized carbons (Fsp3) is 0.171. The highest BCUT2D eigenvalue weighted by molar-refractivity contribution is 6.12. The number of carbonyl (C=O) groups excluding carboxylic acids is 2. The summed E-state index contributed by atoms with van der Waals surface area (Å²) in [7, 11) is 1.54. The largest absolute Gasteiger partial charge is 0.480 e. The van der Waals surface area contributed by atoms with Crippen molar-refractivity contribution in [3.05, 3.63) is 107 Å². The molecule has 2 heterocycles. The third kappa shape index (κ3) is 5.22. The average molecular weight is 574 g/mol.